The third-order valence-corrected chi connectivity index (χ3v) is 3.94. The van der Waals surface area contributed by atoms with Gasteiger partial charge in [-0.2, -0.15) is 0 Å². The van der Waals surface area contributed by atoms with Crippen molar-refractivity contribution in [2.75, 3.05) is 13.2 Å². The summed E-state index contributed by atoms with van der Waals surface area (Å²) in [6.07, 6.45) is 2.85. The normalized spacial score (nSPS) is 11.1. The Balaban J connectivity index is 2.18. The molecule has 0 spiro atoms. The molecule has 104 valence electrons. The summed E-state index contributed by atoms with van der Waals surface area (Å²) in [6, 6.07) is 8.03. The first-order valence-corrected chi connectivity index (χ1v) is 7.59. The molecule has 0 aliphatic rings. The van der Waals surface area contributed by atoms with E-state index in [0.717, 1.165) is 34.1 Å². The Morgan fingerprint density at radius 3 is 3.00 bits per heavy atom. The minimum atomic E-state index is 0.605. The number of benzene rings is 1. The summed E-state index contributed by atoms with van der Waals surface area (Å²) < 4.78 is 7.84. The Hall–Kier alpha value is -1.85. The molecule has 0 fully saturated rings. The molecular formula is C15H17N3OS. The maximum atomic E-state index is 5.75. The topological polar surface area (TPSA) is 52.5 Å². The van der Waals surface area contributed by atoms with Gasteiger partial charge in [0.2, 0.25) is 0 Å². The number of imidazole rings is 1. The molecule has 1 aromatic carbocycles. The molecule has 0 bridgehead atoms. The van der Waals surface area contributed by atoms with Gasteiger partial charge in [0.1, 0.15) is 5.75 Å². The van der Waals surface area contributed by atoms with Gasteiger partial charge in [-0.05, 0) is 25.6 Å². The van der Waals surface area contributed by atoms with Gasteiger partial charge >= 0.3 is 0 Å². The average Bonchev–Trinajstić information content (AvgIpc) is 3.03. The molecule has 3 aromatic rings. The van der Waals surface area contributed by atoms with E-state index in [9.17, 15) is 0 Å². The molecule has 4 nitrogen and oxygen atoms in total. The van der Waals surface area contributed by atoms with Crippen LogP contribution in [0.25, 0.3) is 16.2 Å². The summed E-state index contributed by atoms with van der Waals surface area (Å²) in [7, 11) is 0. The van der Waals surface area contributed by atoms with Gasteiger partial charge in [0, 0.05) is 23.6 Å². The van der Waals surface area contributed by atoms with Crippen molar-refractivity contribution in [2.24, 2.45) is 5.73 Å². The molecule has 0 atom stereocenters. The van der Waals surface area contributed by atoms with Gasteiger partial charge in [-0.1, -0.05) is 12.1 Å². The molecule has 0 aliphatic heterocycles. The van der Waals surface area contributed by atoms with Crippen LogP contribution in [0.3, 0.4) is 0 Å². The van der Waals surface area contributed by atoms with Crippen molar-refractivity contribution in [3.05, 3.63) is 41.5 Å². The van der Waals surface area contributed by atoms with E-state index in [1.807, 2.05) is 36.7 Å². The Morgan fingerprint density at radius 1 is 1.35 bits per heavy atom. The summed E-state index contributed by atoms with van der Waals surface area (Å²) in [5.41, 5.74) is 8.92. The second-order valence-corrected chi connectivity index (χ2v) is 5.30. The number of nitrogens with two attached hydrogens (primary N) is 1. The lowest BCUT2D eigenvalue weighted by molar-refractivity contribution is 0.341. The third kappa shape index (κ3) is 2.19. The lowest BCUT2D eigenvalue weighted by Gasteiger charge is -2.09. The van der Waals surface area contributed by atoms with E-state index in [2.05, 4.69) is 10.5 Å². The molecule has 2 N–H and O–H groups in total. The lowest BCUT2D eigenvalue weighted by atomic mass is 10.1. The summed E-state index contributed by atoms with van der Waals surface area (Å²) in [6.45, 7) is 3.24. The van der Waals surface area contributed by atoms with Crippen LogP contribution in [-0.4, -0.2) is 22.5 Å². The smallest absolute Gasteiger partial charge is 0.194 e. The maximum Gasteiger partial charge on any atom is 0.194 e. The maximum absolute atomic E-state index is 5.75. The van der Waals surface area contributed by atoms with Crippen LogP contribution >= 0.6 is 11.3 Å². The number of thiazole rings is 1. The first-order valence-electron chi connectivity index (χ1n) is 6.71. The van der Waals surface area contributed by atoms with E-state index in [1.54, 1.807) is 11.3 Å². The summed E-state index contributed by atoms with van der Waals surface area (Å²) in [5, 5.41) is 2.04. The molecular weight excluding hydrogens is 270 g/mol. The monoisotopic (exact) mass is 287 g/mol. The zero-order valence-corrected chi connectivity index (χ0v) is 12.2. The molecule has 3 rings (SSSR count). The number of ether oxygens (including phenoxy) is 1. The second-order valence-electron chi connectivity index (χ2n) is 4.43. The first-order chi connectivity index (χ1) is 9.85. The minimum Gasteiger partial charge on any atom is -0.493 e. The first kappa shape index (κ1) is 13.1. The number of aromatic nitrogens is 2. The van der Waals surface area contributed by atoms with Crippen molar-refractivity contribution in [1.82, 2.24) is 9.38 Å². The van der Waals surface area contributed by atoms with Crippen LogP contribution < -0.4 is 10.5 Å². The van der Waals surface area contributed by atoms with Crippen LogP contribution in [0.15, 0.2) is 35.8 Å². The van der Waals surface area contributed by atoms with Gasteiger partial charge in [-0.25, -0.2) is 4.98 Å². The van der Waals surface area contributed by atoms with E-state index in [0.29, 0.717) is 13.2 Å². The van der Waals surface area contributed by atoms with E-state index < -0.39 is 0 Å². The van der Waals surface area contributed by atoms with Crippen molar-refractivity contribution in [3.8, 4) is 17.0 Å². The SMILES string of the molecule is CCOc1ccccc1-c1nc2sccn2c1CCN. The number of nitrogens with zero attached hydrogens (tertiary/aromatic N) is 2. The van der Waals surface area contributed by atoms with Crippen LogP contribution in [0.1, 0.15) is 12.6 Å². The highest BCUT2D eigenvalue weighted by molar-refractivity contribution is 7.15. The third-order valence-electron chi connectivity index (χ3n) is 3.18. The van der Waals surface area contributed by atoms with Crippen LogP contribution in [0.2, 0.25) is 0 Å². The standard InChI is InChI=1S/C15H17N3OS/c1-2-19-13-6-4-3-5-11(13)14-12(7-8-16)18-9-10-20-15(18)17-14/h3-6,9-10H,2,7-8,16H2,1H3. The van der Waals surface area contributed by atoms with Crippen LogP contribution in [0.4, 0.5) is 0 Å². The number of hydrogen-bond donors (Lipinski definition) is 1. The fourth-order valence-electron chi connectivity index (χ4n) is 2.37. The van der Waals surface area contributed by atoms with Crippen LogP contribution in [0.5, 0.6) is 5.75 Å². The van der Waals surface area contributed by atoms with Gasteiger partial charge in [0.05, 0.1) is 18.0 Å². The lowest BCUT2D eigenvalue weighted by Crippen LogP contribution is -2.06. The summed E-state index contributed by atoms with van der Waals surface area (Å²) in [4.78, 5) is 5.75. The molecule has 20 heavy (non-hydrogen) atoms. The van der Waals surface area contributed by atoms with Crippen molar-refractivity contribution >= 4 is 16.3 Å². The van der Waals surface area contributed by atoms with Crippen molar-refractivity contribution in [3.63, 3.8) is 0 Å². The number of fused-ring (bicyclic) bond motifs is 1. The predicted octanol–water partition coefficient (Wildman–Crippen LogP) is 2.96. The van der Waals surface area contributed by atoms with Crippen LogP contribution in [0, 0.1) is 0 Å². The second kappa shape index (κ2) is 5.64. The number of hydrogen-bond acceptors (Lipinski definition) is 4. The van der Waals surface area contributed by atoms with E-state index >= 15 is 0 Å². The summed E-state index contributed by atoms with van der Waals surface area (Å²) in [5.74, 6) is 0.874. The molecule has 5 heteroatoms. The van der Waals surface area contributed by atoms with Gasteiger partial charge in [0.15, 0.2) is 4.96 Å². The molecule has 0 saturated heterocycles. The quantitative estimate of drug-likeness (QED) is 0.785. The molecule has 0 aliphatic carbocycles. The van der Waals surface area contributed by atoms with E-state index in [-0.39, 0.29) is 0 Å². The molecule has 0 amide bonds. The fourth-order valence-corrected chi connectivity index (χ4v) is 3.10. The van der Waals surface area contributed by atoms with Gasteiger partial charge in [0.25, 0.3) is 0 Å². The average molecular weight is 287 g/mol. The summed E-state index contributed by atoms with van der Waals surface area (Å²) >= 11 is 1.63. The van der Waals surface area contributed by atoms with Crippen molar-refractivity contribution in [1.29, 1.82) is 0 Å². The predicted molar refractivity (Wildman–Crippen MR) is 82.4 cm³/mol. The Kier molecular flexibility index (Phi) is 3.71. The van der Waals surface area contributed by atoms with Gasteiger partial charge in [-0.15, -0.1) is 11.3 Å². The number of rotatable bonds is 5. The van der Waals surface area contributed by atoms with Gasteiger partial charge in [-0.3, -0.25) is 4.40 Å². The van der Waals surface area contributed by atoms with Crippen LogP contribution in [-0.2, 0) is 6.42 Å². The highest BCUT2D eigenvalue weighted by atomic mass is 32.1. The highest BCUT2D eigenvalue weighted by Gasteiger charge is 2.17. The Labute approximate surface area is 121 Å². The van der Waals surface area contributed by atoms with Crippen molar-refractivity contribution in [2.45, 2.75) is 13.3 Å². The fraction of sp³-hybridized carbons (Fsp3) is 0.267. The highest BCUT2D eigenvalue weighted by Crippen LogP contribution is 2.33. The Bertz CT molecular complexity index is 717. The van der Waals surface area contributed by atoms with E-state index in [1.165, 1.54) is 0 Å². The molecule has 2 heterocycles. The zero-order chi connectivity index (χ0) is 13.9. The molecule has 2 aromatic heterocycles. The van der Waals surface area contributed by atoms with Crippen molar-refractivity contribution < 1.29 is 4.74 Å². The minimum absolute atomic E-state index is 0.605. The molecule has 0 unspecified atom stereocenters. The molecule has 0 radical (unpaired) electrons. The van der Waals surface area contributed by atoms with Gasteiger partial charge < -0.3 is 10.5 Å². The molecule has 0 saturated carbocycles. The number of para-hydroxylation sites is 1. The zero-order valence-electron chi connectivity index (χ0n) is 11.4. The largest absolute Gasteiger partial charge is 0.493 e. The Morgan fingerprint density at radius 2 is 2.20 bits per heavy atom. The van der Waals surface area contributed by atoms with E-state index in [4.69, 9.17) is 15.5 Å².